The number of rotatable bonds is 4. The normalized spacial score (nSPS) is 35.1. The lowest BCUT2D eigenvalue weighted by molar-refractivity contribution is -0.254. The molecule has 106 valence electrons. The fourth-order valence-corrected chi connectivity index (χ4v) is 2.06. The molecule has 0 saturated carbocycles. The van der Waals surface area contributed by atoms with Crippen LogP contribution < -0.4 is 5.32 Å². The molecule has 2 heterocycles. The second-order valence-electron chi connectivity index (χ2n) is 4.33. The van der Waals surface area contributed by atoms with E-state index in [1.165, 1.54) is 7.11 Å². The molecular weight excluding hydrogens is 252 g/mol. The monoisotopic (exact) mass is 270 g/mol. The lowest BCUT2D eigenvalue weighted by Gasteiger charge is -2.41. The molecule has 0 radical (unpaired) electrons. The Hall–Kier alpha value is -1.25. The van der Waals surface area contributed by atoms with E-state index in [0.717, 1.165) is 0 Å². The molecular formula is C12H18N2O5. The second kappa shape index (κ2) is 6.27. The molecule has 0 spiro atoms. The number of aromatic nitrogens is 1. The molecule has 0 unspecified atom stereocenters. The lowest BCUT2D eigenvalue weighted by Crippen LogP contribution is -2.61. The Labute approximate surface area is 110 Å². The molecule has 4 N–H and O–H groups in total. The van der Waals surface area contributed by atoms with Gasteiger partial charge in [0, 0.05) is 13.3 Å². The van der Waals surface area contributed by atoms with Crippen molar-refractivity contribution in [1.82, 2.24) is 4.98 Å². The van der Waals surface area contributed by atoms with Crippen molar-refractivity contribution in [1.29, 1.82) is 0 Å². The molecule has 5 atom stereocenters. The molecule has 1 aliphatic rings. The zero-order valence-electron chi connectivity index (χ0n) is 10.5. The van der Waals surface area contributed by atoms with Gasteiger partial charge in [-0.05, 0) is 12.1 Å². The summed E-state index contributed by atoms with van der Waals surface area (Å²) in [5.41, 5.74) is 0. The Morgan fingerprint density at radius 2 is 2.16 bits per heavy atom. The molecule has 2 rings (SSSR count). The summed E-state index contributed by atoms with van der Waals surface area (Å²) in [5.74, 6) is 0.534. The van der Waals surface area contributed by atoms with Crippen molar-refractivity contribution in [3.8, 4) is 0 Å². The zero-order chi connectivity index (χ0) is 13.8. The highest BCUT2D eigenvalue weighted by atomic mass is 16.7. The number of hydrogen-bond acceptors (Lipinski definition) is 7. The first-order chi connectivity index (χ1) is 9.17. The minimum Gasteiger partial charge on any atom is -0.394 e. The van der Waals surface area contributed by atoms with Crippen molar-refractivity contribution in [2.75, 3.05) is 19.0 Å². The maximum atomic E-state index is 10.1. The van der Waals surface area contributed by atoms with Crippen LogP contribution in [0.4, 0.5) is 5.82 Å². The van der Waals surface area contributed by atoms with Crippen LogP contribution >= 0.6 is 0 Å². The zero-order valence-corrected chi connectivity index (χ0v) is 10.5. The number of anilines is 1. The Balaban J connectivity index is 2.13. The fourth-order valence-electron chi connectivity index (χ4n) is 2.06. The van der Waals surface area contributed by atoms with Crippen molar-refractivity contribution < 1.29 is 24.8 Å². The summed E-state index contributed by atoms with van der Waals surface area (Å²) in [5, 5.41) is 32.0. The molecule has 0 aliphatic carbocycles. The van der Waals surface area contributed by atoms with Crippen LogP contribution in [0.1, 0.15) is 0 Å². The van der Waals surface area contributed by atoms with Crippen molar-refractivity contribution in [2.45, 2.75) is 30.6 Å². The van der Waals surface area contributed by atoms with Crippen LogP contribution in [-0.2, 0) is 9.47 Å². The molecule has 1 fully saturated rings. The molecule has 7 nitrogen and oxygen atoms in total. The van der Waals surface area contributed by atoms with Crippen molar-refractivity contribution >= 4 is 5.82 Å². The number of aliphatic hydroxyl groups is 3. The van der Waals surface area contributed by atoms with Crippen LogP contribution in [0.25, 0.3) is 0 Å². The molecule has 19 heavy (non-hydrogen) atoms. The summed E-state index contributed by atoms with van der Waals surface area (Å²) in [6.45, 7) is -0.394. The maximum Gasteiger partial charge on any atom is 0.180 e. The van der Waals surface area contributed by atoms with Crippen LogP contribution in [0.5, 0.6) is 0 Å². The van der Waals surface area contributed by atoms with E-state index in [9.17, 15) is 10.2 Å². The van der Waals surface area contributed by atoms with Crippen molar-refractivity contribution in [3.63, 3.8) is 0 Å². The smallest absolute Gasteiger partial charge is 0.180 e. The maximum absolute atomic E-state index is 10.1. The Bertz CT molecular complexity index is 389. The van der Waals surface area contributed by atoms with Crippen molar-refractivity contribution in [2.24, 2.45) is 0 Å². The SMILES string of the molecule is CO[C@@H]1O[C@H](CO)[C@@H](O)[C@H](O)[C@H]1Nc1ccccn1. The standard InChI is InChI=1S/C12H18N2O5/c1-18-12-9(14-8-4-2-3-5-13-8)11(17)10(16)7(6-15)19-12/h2-5,7,9-12,15-17H,6H2,1H3,(H,13,14)/t7-,9-,10-,11-,12-/m1/s1. The highest BCUT2D eigenvalue weighted by molar-refractivity contribution is 5.35. The predicted octanol–water partition coefficient (Wildman–Crippen LogP) is -1.05. The first-order valence-corrected chi connectivity index (χ1v) is 6.00. The fraction of sp³-hybridized carbons (Fsp3) is 0.583. The number of nitrogens with zero attached hydrogens (tertiary/aromatic N) is 1. The van der Waals surface area contributed by atoms with Crippen LogP contribution in [0, 0.1) is 0 Å². The Morgan fingerprint density at radius 1 is 1.37 bits per heavy atom. The molecule has 7 heteroatoms. The summed E-state index contributed by atoms with van der Waals surface area (Å²) in [7, 11) is 1.43. The van der Waals surface area contributed by atoms with Gasteiger partial charge in [0.1, 0.15) is 30.2 Å². The highest BCUT2D eigenvalue weighted by Crippen LogP contribution is 2.23. The van der Waals surface area contributed by atoms with Crippen LogP contribution in [-0.4, -0.2) is 64.7 Å². The number of pyridine rings is 1. The Kier molecular flexibility index (Phi) is 4.67. The average Bonchev–Trinajstić information content (AvgIpc) is 2.45. The van der Waals surface area contributed by atoms with Gasteiger partial charge in [-0.25, -0.2) is 4.98 Å². The van der Waals surface area contributed by atoms with Gasteiger partial charge in [0.15, 0.2) is 6.29 Å². The van der Waals surface area contributed by atoms with E-state index >= 15 is 0 Å². The molecule has 1 aromatic heterocycles. The van der Waals surface area contributed by atoms with E-state index < -0.39 is 37.3 Å². The molecule has 1 saturated heterocycles. The van der Waals surface area contributed by atoms with Gasteiger partial charge in [0.05, 0.1) is 6.61 Å². The number of methoxy groups -OCH3 is 1. The summed E-state index contributed by atoms with van der Waals surface area (Å²) in [6, 6.07) is 4.60. The molecule has 0 bridgehead atoms. The van der Waals surface area contributed by atoms with E-state index in [2.05, 4.69) is 10.3 Å². The van der Waals surface area contributed by atoms with Crippen molar-refractivity contribution in [3.05, 3.63) is 24.4 Å². The van der Waals surface area contributed by atoms with Gasteiger partial charge in [-0.1, -0.05) is 6.07 Å². The van der Waals surface area contributed by atoms with Gasteiger partial charge >= 0.3 is 0 Å². The number of hydrogen-bond donors (Lipinski definition) is 4. The number of nitrogens with one attached hydrogen (secondary N) is 1. The topological polar surface area (TPSA) is 104 Å². The summed E-state index contributed by atoms with van der Waals surface area (Å²) >= 11 is 0. The third kappa shape index (κ3) is 3.02. The van der Waals surface area contributed by atoms with Crippen LogP contribution in [0.3, 0.4) is 0 Å². The van der Waals surface area contributed by atoms with E-state index in [4.69, 9.17) is 14.6 Å². The van der Waals surface area contributed by atoms with Crippen LogP contribution in [0.2, 0.25) is 0 Å². The lowest BCUT2D eigenvalue weighted by atomic mass is 9.97. The largest absolute Gasteiger partial charge is 0.394 e. The molecule has 1 aromatic rings. The first kappa shape index (κ1) is 14.2. The summed E-state index contributed by atoms with van der Waals surface area (Å²) in [4.78, 5) is 4.08. The van der Waals surface area contributed by atoms with E-state index in [1.807, 2.05) is 0 Å². The molecule has 0 amide bonds. The molecule has 1 aliphatic heterocycles. The second-order valence-corrected chi connectivity index (χ2v) is 4.33. The van der Waals surface area contributed by atoms with Gasteiger partial charge in [-0.15, -0.1) is 0 Å². The quantitative estimate of drug-likeness (QED) is 0.553. The van der Waals surface area contributed by atoms with Gasteiger partial charge in [0.2, 0.25) is 0 Å². The Morgan fingerprint density at radius 3 is 2.74 bits per heavy atom. The van der Waals surface area contributed by atoms with Crippen LogP contribution in [0.15, 0.2) is 24.4 Å². The predicted molar refractivity (Wildman–Crippen MR) is 66.4 cm³/mol. The highest BCUT2D eigenvalue weighted by Gasteiger charge is 2.44. The number of ether oxygens (including phenoxy) is 2. The van der Waals surface area contributed by atoms with Gasteiger partial charge < -0.3 is 30.1 Å². The van der Waals surface area contributed by atoms with E-state index in [-0.39, 0.29) is 0 Å². The summed E-state index contributed by atoms with van der Waals surface area (Å²) in [6.07, 6.45) is -2.40. The van der Waals surface area contributed by atoms with E-state index in [0.29, 0.717) is 5.82 Å². The molecule has 0 aromatic carbocycles. The third-order valence-corrected chi connectivity index (χ3v) is 3.09. The van der Waals surface area contributed by atoms with E-state index in [1.54, 1.807) is 24.4 Å². The average molecular weight is 270 g/mol. The minimum absolute atomic E-state index is 0.394. The van der Waals surface area contributed by atoms with Gasteiger partial charge in [-0.3, -0.25) is 0 Å². The first-order valence-electron chi connectivity index (χ1n) is 6.00. The minimum atomic E-state index is -1.20. The number of aliphatic hydroxyl groups excluding tert-OH is 3. The third-order valence-electron chi connectivity index (χ3n) is 3.09. The summed E-state index contributed by atoms with van der Waals surface area (Å²) < 4.78 is 10.5. The van der Waals surface area contributed by atoms with Gasteiger partial charge in [-0.2, -0.15) is 0 Å². The van der Waals surface area contributed by atoms with Gasteiger partial charge in [0.25, 0.3) is 0 Å².